The highest BCUT2D eigenvalue weighted by molar-refractivity contribution is 5.95. The number of rotatable bonds is 6. The Morgan fingerprint density at radius 1 is 1.22 bits per heavy atom. The van der Waals surface area contributed by atoms with Crippen molar-refractivity contribution in [2.75, 3.05) is 31.7 Å². The minimum atomic E-state index is -0.304. The minimum absolute atomic E-state index is 0.00545. The highest BCUT2D eigenvalue weighted by Crippen LogP contribution is 2.33. The fourth-order valence-corrected chi connectivity index (χ4v) is 4.48. The molecule has 1 saturated heterocycles. The Kier molecular flexibility index (Phi) is 6.79. The van der Waals surface area contributed by atoms with Gasteiger partial charge in [-0.1, -0.05) is 12.1 Å². The number of carbonyl (C=O) groups excluding carboxylic acids is 2. The van der Waals surface area contributed by atoms with Gasteiger partial charge in [-0.25, -0.2) is 14.4 Å². The molecular weight excluding hydrogens is 411 g/mol. The average molecular weight is 441 g/mol. The number of benzene rings is 1. The van der Waals surface area contributed by atoms with Crippen molar-refractivity contribution in [1.29, 1.82) is 0 Å². The summed E-state index contributed by atoms with van der Waals surface area (Å²) in [6.07, 6.45) is 3.18. The monoisotopic (exact) mass is 440 g/mol. The molecule has 8 heteroatoms. The van der Waals surface area contributed by atoms with Crippen LogP contribution in [0, 0.1) is 12.7 Å². The van der Waals surface area contributed by atoms with Gasteiger partial charge < -0.3 is 9.64 Å². The molecular formula is C24H29FN4O3. The van der Waals surface area contributed by atoms with E-state index < -0.39 is 0 Å². The van der Waals surface area contributed by atoms with E-state index in [9.17, 15) is 14.0 Å². The van der Waals surface area contributed by atoms with Crippen LogP contribution in [-0.4, -0.2) is 53.5 Å². The molecule has 1 fully saturated rings. The molecule has 0 aliphatic carbocycles. The Morgan fingerprint density at radius 2 is 2.00 bits per heavy atom. The van der Waals surface area contributed by atoms with Crippen molar-refractivity contribution >= 4 is 17.6 Å². The van der Waals surface area contributed by atoms with Gasteiger partial charge in [-0.15, -0.1) is 0 Å². The predicted molar refractivity (Wildman–Crippen MR) is 118 cm³/mol. The van der Waals surface area contributed by atoms with Crippen LogP contribution in [0.2, 0.25) is 0 Å². The molecule has 0 spiro atoms. The Hall–Kier alpha value is -2.87. The number of amides is 2. The molecule has 0 radical (unpaired) electrons. The zero-order valence-corrected chi connectivity index (χ0v) is 18.6. The molecule has 2 aliphatic heterocycles. The van der Waals surface area contributed by atoms with E-state index in [0.29, 0.717) is 50.6 Å². The number of fused-ring (bicyclic) bond motifs is 1. The zero-order chi connectivity index (χ0) is 22.7. The second-order valence-electron chi connectivity index (χ2n) is 8.50. The minimum Gasteiger partial charge on any atom is -0.384 e. The fraction of sp³-hybridized carbons (Fsp3) is 0.500. The van der Waals surface area contributed by atoms with E-state index in [4.69, 9.17) is 14.7 Å². The van der Waals surface area contributed by atoms with Crippen molar-refractivity contribution in [3.05, 3.63) is 52.7 Å². The first kappa shape index (κ1) is 22.3. The molecule has 170 valence electrons. The highest BCUT2D eigenvalue weighted by atomic mass is 19.1. The van der Waals surface area contributed by atoms with Crippen LogP contribution in [0.25, 0.3) is 0 Å². The lowest BCUT2D eigenvalue weighted by molar-refractivity contribution is -0.133. The van der Waals surface area contributed by atoms with Crippen LogP contribution in [0.5, 0.6) is 0 Å². The van der Waals surface area contributed by atoms with Crippen LogP contribution in [0.1, 0.15) is 54.2 Å². The van der Waals surface area contributed by atoms with Gasteiger partial charge in [0, 0.05) is 43.8 Å². The van der Waals surface area contributed by atoms with E-state index in [1.165, 1.54) is 12.1 Å². The number of methoxy groups -OCH3 is 1. The number of ether oxygens (including phenoxy) is 1. The van der Waals surface area contributed by atoms with Crippen LogP contribution < -0.4 is 4.90 Å². The highest BCUT2D eigenvalue weighted by Gasteiger charge is 2.31. The van der Waals surface area contributed by atoms with Crippen molar-refractivity contribution in [3.8, 4) is 0 Å². The number of aryl methyl sites for hydroxylation is 1. The van der Waals surface area contributed by atoms with Gasteiger partial charge in [0.25, 0.3) is 0 Å². The Balaban J connectivity index is 1.60. The Labute approximate surface area is 187 Å². The lowest BCUT2D eigenvalue weighted by atomic mass is 9.95. The number of likely N-dealkylation sites (tertiary alicyclic amines) is 1. The van der Waals surface area contributed by atoms with E-state index >= 15 is 0 Å². The van der Waals surface area contributed by atoms with Crippen LogP contribution >= 0.6 is 0 Å². The SMILES string of the molecule is COCCC(=O)N1CCC[C@@H](c2nc(C)c3c(n2)N(Cc2ccc(F)cc2)C(=O)CC3)C1. The Bertz CT molecular complexity index is 995. The van der Waals surface area contributed by atoms with Crippen molar-refractivity contribution < 1.29 is 18.7 Å². The standard InChI is InChI=1S/C24H29FN4O3/c1-16-20-9-10-22(31)29(14-17-5-7-19(25)8-6-17)24(20)27-23(26-16)18-4-3-12-28(15-18)21(30)11-13-32-2/h5-8,18H,3-4,9-15H2,1-2H3/t18-/m1/s1. The van der Waals surface area contributed by atoms with Gasteiger partial charge in [0.05, 0.1) is 19.6 Å². The maximum absolute atomic E-state index is 13.3. The molecule has 2 aromatic rings. The predicted octanol–water partition coefficient (Wildman–Crippen LogP) is 3.15. The first-order chi connectivity index (χ1) is 15.5. The number of hydrogen-bond donors (Lipinski definition) is 0. The number of piperidine rings is 1. The second kappa shape index (κ2) is 9.73. The molecule has 0 bridgehead atoms. The second-order valence-corrected chi connectivity index (χ2v) is 8.50. The summed E-state index contributed by atoms with van der Waals surface area (Å²) in [4.78, 5) is 38.5. The van der Waals surface area contributed by atoms with E-state index in [2.05, 4.69) is 0 Å². The number of aromatic nitrogens is 2. The van der Waals surface area contributed by atoms with E-state index in [-0.39, 0.29) is 23.5 Å². The number of hydrogen-bond acceptors (Lipinski definition) is 5. The molecule has 0 saturated carbocycles. The molecule has 2 aliphatic rings. The Morgan fingerprint density at radius 3 is 2.75 bits per heavy atom. The largest absolute Gasteiger partial charge is 0.384 e. The maximum atomic E-state index is 13.3. The van der Waals surface area contributed by atoms with Gasteiger partial charge in [0.1, 0.15) is 17.5 Å². The third-order valence-electron chi connectivity index (χ3n) is 6.27. The van der Waals surface area contributed by atoms with Gasteiger partial charge in [-0.2, -0.15) is 0 Å². The normalized spacial score (nSPS) is 18.6. The molecule has 1 atom stereocenters. The van der Waals surface area contributed by atoms with Crippen LogP contribution in [-0.2, 0) is 27.3 Å². The molecule has 4 rings (SSSR count). The smallest absolute Gasteiger partial charge is 0.228 e. The zero-order valence-electron chi connectivity index (χ0n) is 18.6. The fourth-order valence-electron chi connectivity index (χ4n) is 4.48. The van der Waals surface area contributed by atoms with Gasteiger partial charge >= 0.3 is 0 Å². The molecule has 7 nitrogen and oxygen atoms in total. The summed E-state index contributed by atoms with van der Waals surface area (Å²) in [5.41, 5.74) is 2.71. The van der Waals surface area contributed by atoms with Crippen molar-refractivity contribution in [2.24, 2.45) is 0 Å². The quantitative estimate of drug-likeness (QED) is 0.690. The molecule has 2 amide bonds. The van der Waals surface area contributed by atoms with E-state index in [1.54, 1.807) is 24.1 Å². The number of nitrogens with zero attached hydrogens (tertiary/aromatic N) is 4. The summed E-state index contributed by atoms with van der Waals surface area (Å²) >= 11 is 0. The first-order valence-electron chi connectivity index (χ1n) is 11.1. The third kappa shape index (κ3) is 4.80. The molecule has 1 aromatic heterocycles. The van der Waals surface area contributed by atoms with Crippen molar-refractivity contribution in [3.63, 3.8) is 0 Å². The lowest BCUT2D eigenvalue weighted by Crippen LogP contribution is -2.40. The summed E-state index contributed by atoms with van der Waals surface area (Å²) in [5.74, 6) is 1.15. The number of carbonyl (C=O) groups is 2. The molecule has 3 heterocycles. The maximum Gasteiger partial charge on any atom is 0.228 e. The number of anilines is 1. The molecule has 0 N–H and O–H groups in total. The van der Waals surface area contributed by atoms with E-state index in [1.807, 2.05) is 11.8 Å². The average Bonchev–Trinajstić information content (AvgIpc) is 2.80. The summed E-state index contributed by atoms with van der Waals surface area (Å²) < 4.78 is 18.4. The van der Waals surface area contributed by atoms with Gasteiger partial charge in [-0.3, -0.25) is 14.5 Å². The van der Waals surface area contributed by atoms with Crippen LogP contribution in [0.3, 0.4) is 0 Å². The number of halogens is 1. The topological polar surface area (TPSA) is 75.6 Å². The van der Waals surface area contributed by atoms with Gasteiger partial charge in [0.15, 0.2) is 0 Å². The lowest BCUT2D eigenvalue weighted by Gasteiger charge is -2.34. The van der Waals surface area contributed by atoms with Crippen molar-refractivity contribution in [1.82, 2.24) is 14.9 Å². The van der Waals surface area contributed by atoms with Gasteiger partial charge in [0.2, 0.25) is 11.8 Å². The first-order valence-corrected chi connectivity index (χ1v) is 11.1. The third-order valence-corrected chi connectivity index (χ3v) is 6.27. The van der Waals surface area contributed by atoms with Crippen LogP contribution in [0.4, 0.5) is 10.2 Å². The van der Waals surface area contributed by atoms with Crippen LogP contribution in [0.15, 0.2) is 24.3 Å². The van der Waals surface area contributed by atoms with Crippen molar-refractivity contribution in [2.45, 2.75) is 51.5 Å². The molecule has 32 heavy (non-hydrogen) atoms. The summed E-state index contributed by atoms with van der Waals surface area (Å²) in [6.45, 7) is 4.02. The van der Waals surface area contributed by atoms with Gasteiger partial charge in [-0.05, 0) is 43.9 Å². The summed E-state index contributed by atoms with van der Waals surface area (Å²) in [6, 6.07) is 6.18. The summed E-state index contributed by atoms with van der Waals surface area (Å²) in [7, 11) is 1.59. The molecule has 0 unspecified atom stereocenters. The molecule has 1 aromatic carbocycles. The van der Waals surface area contributed by atoms with E-state index in [0.717, 1.165) is 36.2 Å². The summed E-state index contributed by atoms with van der Waals surface area (Å²) in [5, 5.41) is 0.